The Kier molecular flexibility index (Phi) is 3.80. The van der Waals surface area contributed by atoms with Crippen LogP contribution in [0.2, 0.25) is 5.02 Å². The Morgan fingerprint density at radius 3 is 2.53 bits per heavy atom. The van der Waals surface area contributed by atoms with E-state index in [-0.39, 0.29) is 11.7 Å². The maximum Gasteiger partial charge on any atom is 0.131 e. The highest BCUT2D eigenvalue weighted by molar-refractivity contribution is 6.30. The zero-order chi connectivity index (χ0) is 14.2. The van der Waals surface area contributed by atoms with Gasteiger partial charge in [-0.15, -0.1) is 0 Å². The maximum absolute atomic E-state index is 13.4. The second kappa shape index (κ2) is 5.21. The van der Waals surface area contributed by atoms with Crippen molar-refractivity contribution in [2.45, 2.75) is 33.2 Å². The van der Waals surface area contributed by atoms with E-state index in [1.807, 2.05) is 11.5 Å². The summed E-state index contributed by atoms with van der Waals surface area (Å²) in [5.74, 6) is 1.31. The van der Waals surface area contributed by atoms with Crippen LogP contribution in [0.25, 0.3) is 11.3 Å². The number of halogens is 2. The molecular weight excluding hydrogens is 265 g/mol. The molecule has 1 heterocycles. The van der Waals surface area contributed by atoms with E-state index in [0.717, 1.165) is 12.4 Å². The highest BCUT2D eigenvalue weighted by Gasteiger charge is 2.18. The average Bonchev–Trinajstić information content (AvgIpc) is 2.65. The normalized spacial score (nSPS) is 11.3. The van der Waals surface area contributed by atoms with Gasteiger partial charge in [-0.25, -0.2) is 9.37 Å². The number of nitrogen functional groups attached to an aromatic ring is 1. The van der Waals surface area contributed by atoms with Crippen LogP contribution in [0.3, 0.4) is 0 Å². The Hall–Kier alpha value is -1.55. The summed E-state index contributed by atoms with van der Waals surface area (Å²) in [6.45, 7) is 6.84. The van der Waals surface area contributed by atoms with Crippen molar-refractivity contribution in [2.75, 3.05) is 5.73 Å². The SMILES string of the molecule is CCn1c(C(C)C)nc(-c2cc(F)cc(Cl)c2)c1N. The highest BCUT2D eigenvalue weighted by atomic mass is 35.5. The van der Waals surface area contributed by atoms with Gasteiger partial charge in [-0.05, 0) is 25.1 Å². The van der Waals surface area contributed by atoms with Gasteiger partial charge in [-0.3, -0.25) is 0 Å². The minimum atomic E-state index is -0.390. The number of hydrogen-bond acceptors (Lipinski definition) is 2. The number of benzene rings is 1. The molecule has 2 aromatic rings. The van der Waals surface area contributed by atoms with Gasteiger partial charge in [0.25, 0.3) is 0 Å². The molecule has 0 amide bonds. The van der Waals surface area contributed by atoms with E-state index in [1.165, 1.54) is 12.1 Å². The minimum absolute atomic E-state index is 0.250. The summed E-state index contributed by atoms with van der Waals surface area (Å²) in [6, 6.07) is 4.34. The predicted molar refractivity (Wildman–Crippen MR) is 76.8 cm³/mol. The predicted octanol–water partition coefficient (Wildman–Crippen LogP) is 4.07. The molecule has 0 saturated heterocycles. The molecule has 5 heteroatoms. The van der Waals surface area contributed by atoms with E-state index in [1.54, 1.807) is 6.07 Å². The maximum atomic E-state index is 13.4. The summed E-state index contributed by atoms with van der Waals surface area (Å²) in [6.07, 6.45) is 0. The van der Waals surface area contributed by atoms with Gasteiger partial charge < -0.3 is 10.3 Å². The summed E-state index contributed by atoms with van der Waals surface area (Å²) in [4.78, 5) is 4.55. The molecule has 0 saturated carbocycles. The van der Waals surface area contributed by atoms with Crippen LogP contribution in [0, 0.1) is 5.82 Å². The molecule has 102 valence electrons. The summed E-state index contributed by atoms with van der Waals surface area (Å²) in [7, 11) is 0. The molecule has 0 radical (unpaired) electrons. The standard InChI is InChI=1S/C14H17ClFN3/c1-4-19-13(17)12(18-14(19)8(2)3)9-5-10(15)7-11(16)6-9/h5-8H,4,17H2,1-3H3. The molecule has 0 bridgehead atoms. The van der Waals surface area contributed by atoms with Crippen LogP contribution in [-0.2, 0) is 6.54 Å². The van der Waals surface area contributed by atoms with Gasteiger partial charge in [0.1, 0.15) is 23.2 Å². The summed E-state index contributed by atoms with van der Waals surface area (Å²) >= 11 is 5.88. The molecule has 0 aliphatic heterocycles. The van der Waals surface area contributed by atoms with Gasteiger partial charge in [-0.2, -0.15) is 0 Å². The number of nitrogens with zero attached hydrogens (tertiary/aromatic N) is 2. The van der Waals surface area contributed by atoms with E-state index in [9.17, 15) is 4.39 Å². The van der Waals surface area contributed by atoms with Crippen molar-refractivity contribution in [3.63, 3.8) is 0 Å². The van der Waals surface area contributed by atoms with Crippen LogP contribution in [0.15, 0.2) is 18.2 Å². The Morgan fingerprint density at radius 1 is 1.37 bits per heavy atom. The van der Waals surface area contributed by atoms with Gasteiger partial charge in [0.15, 0.2) is 0 Å². The molecular formula is C14H17ClFN3. The topological polar surface area (TPSA) is 43.8 Å². The Balaban J connectivity index is 2.62. The molecule has 19 heavy (non-hydrogen) atoms. The molecule has 2 N–H and O–H groups in total. The zero-order valence-corrected chi connectivity index (χ0v) is 12.0. The second-order valence-corrected chi connectivity index (χ2v) is 5.20. The first-order valence-electron chi connectivity index (χ1n) is 6.26. The molecule has 0 fully saturated rings. The summed E-state index contributed by atoms with van der Waals surface area (Å²) in [5, 5.41) is 0.339. The van der Waals surface area contributed by atoms with Gasteiger partial charge in [0.2, 0.25) is 0 Å². The first kappa shape index (κ1) is 13.9. The molecule has 2 rings (SSSR count). The molecule has 0 spiro atoms. The zero-order valence-electron chi connectivity index (χ0n) is 11.2. The van der Waals surface area contributed by atoms with Crippen LogP contribution in [0.4, 0.5) is 10.2 Å². The quantitative estimate of drug-likeness (QED) is 0.922. The van der Waals surface area contributed by atoms with E-state index >= 15 is 0 Å². The van der Waals surface area contributed by atoms with Crippen molar-refractivity contribution in [3.8, 4) is 11.3 Å². The lowest BCUT2D eigenvalue weighted by Crippen LogP contribution is -2.06. The number of rotatable bonds is 3. The molecule has 3 nitrogen and oxygen atoms in total. The van der Waals surface area contributed by atoms with E-state index < -0.39 is 0 Å². The molecule has 1 aromatic heterocycles. The molecule has 0 aliphatic carbocycles. The summed E-state index contributed by atoms with van der Waals surface area (Å²) in [5.41, 5.74) is 7.32. The minimum Gasteiger partial charge on any atom is -0.383 e. The largest absolute Gasteiger partial charge is 0.383 e. The summed E-state index contributed by atoms with van der Waals surface area (Å²) < 4.78 is 15.4. The van der Waals surface area contributed by atoms with Gasteiger partial charge >= 0.3 is 0 Å². The third-order valence-corrected chi connectivity index (χ3v) is 3.22. The first-order chi connectivity index (χ1) is 8.93. The lowest BCUT2D eigenvalue weighted by molar-refractivity contribution is 0.628. The van der Waals surface area contributed by atoms with Gasteiger partial charge in [0, 0.05) is 23.0 Å². The number of nitrogens with two attached hydrogens (primary N) is 1. The Bertz CT molecular complexity index is 585. The lowest BCUT2D eigenvalue weighted by atomic mass is 10.1. The van der Waals surface area contributed by atoms with Crippen LogP contribution in [0.1, 0.15) is 32.5 Å². The van der Waals surface area contributed by atoms with E-state index in [2.05, 4.69) is 18.8 Å². The number of hydrogen-bond donors (Lipinski definition) is 1. The Morgan fingerprint density at radius 2 is 2.05 bits per heavy atom. The third-order valence-electron chi connectivity index (χ3n) is 3.00. The fourth-order valence-electron chi connectivity index (χ4n) is 2.16. The second-order valence-electron chi connectivity index (χ2n) is 4.76. The third kappa shape index (κ3) is 2.59. The fraction of sp³-hybridized carbons (Fsp3) is 0.357. The average molecular weight is 282 g/mol. The van der Waals surface area contributed by atoms with Crippen LogP contribution in [-0.4, -0.2) is 9.55 Å². The van der Waals surface area contributed by atoms with Crippen molar-refractivity contribution in [1.82, 2.24) is 9.55 Å². The molecule has 1 aromatic carbocycles. The van der Waals surface area contributed by atoms with Crippen molar-refractivity contribution < 1.29 is 4.39 Å². The van der Waals surface area contributed by atoms with Crippen LogP contribution < -0.4 is 5.73 Å². The Labute approximate surface area is 117 Å². The van der Waals surface area contributed by atoms with Crippen molar-refractivity contribution in [2.24, 2.45) is 0 Å². The monoisotopic (exact) mass is 281 g/mol. The number of aromatic nitrogens is 2. The molecule has 0 atom stereocenters. The number of imidazole rings is 1. The van der Waals surface area contributed by atoms with Gasteiger partial charge in [0.05, 0.1) is 0 Å². The lowest BCUT2D eigenvalue weighted by Gasteiger charge is -2.08. The first-order valence-corrected chi connectivity index (χ1v) is 6.64. The van der Waals surface area contributed by atoms with Crippen molar-refractivity contribution >= 4 is 17.4 Å². The van der Waals surface area contributed by atoms with Crippen LogP contribution >= 0.6 is 11.6 Å². The van der Waals surface area contributed by atoms with Crippen molar-refractivity contribution in [3.05, 3.63) is 34.9 Å². The van der Waals surface area contributed by atoms with E-state index in [0.29, 0.717) is 22.1 Å². The van der Waals surface area contributed by atoms with Gasteiger partial charge in [-0.1, -0.05) is 25.4 Å². The molecule has 0 unspecified atom stereocenters. The van der Waals surface area contributed by atoms with Crippen molar-refractivity contribution in [1.29, 1.82) is 0 Å². The fourth-order valence-corrected chi connectivity index (χ4v) is 2.38. The smallest absolute Gasteiger partial charge is 0.131 e. The van der Waals surface area contributed by atoms with Crippen LogP contribution in [0.5, 0.6) is 0 Å². The highest BCUT2D eigenvalue weighted by Crippen LogP contribution is 2.31. The number of anilines is 1. The molecule has 0 aliphatic rings. The van der Waals surface area contributed by atoms with E-state index in [4.69, 9.17) is 17.3 Å².